The van der Waals surface area contributed by atoms with Gasteiger partial charge >= 0.3 is 5.97 Å². The molecule has 1 N–H and O–H groups in total. The van der Waals surface area contributed by atoms with Gasteiger partial charge in [-0.15, -0.1) is 0 Å². The molecule has 0 aromatic carbocycles. The van der Waals surface area contributed by atoms with Crippen molar-refractivity contribution in [3.8, 4) is 0 Å². The number of rotatable bonds is 4. The molecule has 0 atom stereocenters. The third-order valence-electron chi connectivity index (χ3n) is 3.40. The van der Waals surface area contributed by atoms with Gasteiger partial charge in [0, 0.05) is 6.20 Å². The zero-order valence-corrected chi connectivity index (χ0v) is 14.3. The number of ether oxygens (including phenoxy) is 1. The fourth-order valence-corrected chi connectivity index (χ4v) is 3.23. The van der Waals surface area contributed by atoms with E-state index in [9.17, 15) is 9.59 Å². The second kappa shape index (κ2) is 6.40. The highest BCUT2D eigenvalue weighted by Crippen LogP contribution is 2.24. The van der Waals surface area contributed by atoms with Crippen molar-refractivity contribution < 1.29 is 14.3 Å². The Hall–Kier alpha value is -2.74. The lowest BCUT2D eigenvalue weighted by Gasteiger charge is -2.02. The number of hydrogen-bond donors (Lipinski definition) is 1. The molecule has 0 aliphatic heterocycles. The Balaban J connectivity index is 1.88. The van der Waals surface area contributed by atoms with E-state index in [1.165, 1.54) is 0 Å². The topological polar surface area (TPSA) is 85.6 Å². The predicted octanol–water partition coefficient (Wildman–Crippen LogP) is 2.84. The van der Waals surface area contributed by atoms with Crippen molar-refractivity contribution in [2.45, 2.75) is 20.8 Å². The minimum Gasteiger partial charge on any atom is -0.462 e. The van der Waals surface area contributed by atoms with Gasteiger partial charge in [0.25, 0.3) is 5.91 Å². The van der Waals surface area contributed by atoms with Crippen LogP contribution in [0.2, 0.25) is 0 Å². The summed E-state index contributed by atoms with van der Waals surface area (Å²) in [7, 11) is 0. The molecule has 8 heteroatoms. The van der Waals surface area contributed by atoms with Gasteiger partial charge in [-0.3, -0.25) is 14.5 Å². The number of anilines is 1. The molecule has 0 spiro atoms. The molecule has 0 saturated carbocycles. The van der Waals surface area contributed by atoms with Crippen LogP contribution in [0.15, 0.2) is 24.4 Å². The second-order valence-electron chi connectivity index (χ2n) is 5.08. The van der Waals surface area contributed by atoms with Crippen molar-refractivity contribution in [3.63, 3.8) is 0 Å². The second-order valence-corrected chi connectivity index (χ2v) is 6.08. The van der Waals surface area contributed by atoms with Crippen LogP contribution < -0.4 is 5.32 Å². The molecule has 0 saturated heterocycles. The van der Waals surface area contributed by atoms with Gasteiger partial charge < -0.3 is 4.74 Å². The Morgan fingerprint density at radius 2 is 2.04 bits per heavy atom. The molecule has 1 amide bonds. The average molecular weight is 344 g/mol. The van der Waals surface area contributed by atoms with E-state index in [1.807, 2.05) is 18.2 Å². The average Bonchev–Trinajstić information content (AvgIpc) is 3.06. The van der Waals surface area contributed by atoms with E-state index in [2.05, 4.69) is 15.3 Å². The van der Waals surface area contributed by atoms with E-state index < -0.39 is 5.97 Å². The van der Waals surface area contributed by atoms with E-state index in [4.69, 9.17) is 4.74 Å². The first-order chi connectivity index (χ1) is 11.5. The maximum Gasteiger partial charge on any atom is 0.350 e. The molecular formula is C16H16N4O3S. The lowest BCUT2D eigenvalue weighted by molar-refractivity contribution is 0.0531. The van der Waals surface area contributed by atoms with Crippen LogP contribution in [0, 0.1) is 13.8 Å². The molecular weight excluding hydrogens is 328 g/mol. The van der Waals surface area contributed by atoms with Crippen LogP contribution in [0.3, 0.4) is 0 Å². The number of nitrogens with one attached hydrogen (secondary N) is 1. The minimum atomic E-state index is -0.431. The number of aromatic nitrogens is 3. The third kappa shape index (κ3) is 2.88. The van der Waals surface area contributed by atoms with Crippen LogP contribution in [-0.4, -0.2) is 32.9 Å². The number of nitrogens with zero attached hydrogens (tertiary/aromatic N) is 3. The van der Waals surface area contributed by atoms with Gasteiger partial charge in [0.1, 0.15) is 16.2 Å². The quantitative estimate of drug-likeness (QED) is 0.736. The number of carbonyl (C=O) groups excluding carboxylic acids is 2. The van der Waals surface area contributed by atoms with Crippen molar-refractivity contribution in [1.82, 2.24) is 14.4 Å². The predicted molar refractivity (Wildman–Crippen MR) is 90.7 cm³/mol. The molecule has 7 nitrogen and oxygen atoms in total. The van der Waals surface area contributed by atoms with Gasteiger partial charge in [0.05, 0.1) is 18.0 Å². The number of fused-ring (bicyclic) bond motifs is 1. The van der Waals surface area contributed by atoms with Crippen LogP contribution >= 0.6 is 11.3 Å². The highest BCUT2D eigenvalue weighted by molar-refractivity contribution is 7.17. The summed E-state index contributed by atoms with van der Waals surface area (Å²) in [6.45, 7) is 5.51. The first-order valence-electron chi connectivity index (χ1n) is 7.40. The van der Waals surface area contributed by atoms with E-state index in [0.717, 1.165) is 11.3 Å². The number of imidazole rings is 1. The van der Waals surface area contributed by atoms with Crippen LogP contribution in [0.5, 0.6) is 0 Å². The zero-order chi connectivity index (χ0) is 17.3. The number of hydrogen-bond acceptors (Lipinski definition) is 6. The van der Waals surface area contributed by atoms with Crippen molar-refractivity contribution in [1.29, 1.82) is 0 Å². The summed E-state index contributed by atoms with van der Waals surface area (Å²) >= 11 is 1.10. The van der Waals surface area contributed by atoms with E-state index in [0.29, 0.717) is 39.3 Å². The number of esters is 1. The third-order valence-corrected chi connectivity index (χ3v) is 4.45. The summed E-state index contributed by atoms with van der Waals surface area (Å²) in [6.07, 6.45) is 1.78. The van der Waals surface area contributed by atoms with Gasteiger partial charge in [0.2, 0.25) is 0 Å². The number of carbonyl (C=O) groups is 2. The Morgan fingerprint density at radius 1 is 1.25 bits per heavy atom. The van der Waals surface area contributed by atoms with E-state index in [1.54, 1.807) is 31.4 Å². The number of amides is 1. The van der Waals surface area contributed by atoms with Crippen LogP contribution in [0.1, 0.15) is 38.5 Å². The number of thiazole rings is 1. The summed E-state index contributed by atoms with van der Waals surface area (Å²) in [5.41, 5.74) is 2.29. The minimum absolute atomic E-state index is 0.291. The van der Waals surface area contributed by atoms with Crippen molar-refractivity contribution in [2.75, 3.05) is 11.9 Å². The fraction of sp³-hybridized carbons (Fsp3) is 0.250. The van der Waals surface area contributed by atoms with Gasteiger partial charge in [-0.25, -0.2) is 14.8 Å². The molecule has 124 valence electrons. The van der Waals surface area contributed by atoms with Gasteiger partial charge in [-0.1, -0.05) is 17.4 Å². The normalized spacial score (nSPS) is 10.8. The highest BCUT2D eigenvalue weighted by Gasteiger charge is 2.21. The summed E-state index contributed by atoms with van der Waals surface area (Å²) in [5, 5.41) is 3.09. The first kappa shape index (κ1) is 16.1. The first-order valence-corrected chi connectivity index (χ1v) is 8.22. The van der Waals surface area contributed by atoms with Gasteiger partial charge in [-0.2, -0.15) is 0 Å². The van der Waals surface area contributed by atoms with Crippen LogP contribution in [0.4, 0.5) is 5.13 Å². The van der Waals surface area contributed by atoms with Gasteiger partial charge in [-0.05, 0) is 32.9 Å². The monoisotopic (exact) mass is 344 g/mol. The molecule has 3 aromatic rings. The van der Waals surface area contributed by atoms with Crippen molar-refractivity contribution in [2.24, 2.45) is 0 Å². The van der Waals surface area contributed by atoms with Crippen LogP contribution in [0.25, 0.3) is 5.65 Å². The lowest BCUT2D eigenvalue weighted by Crippen LogP contribution is -2.15. The van der Waals surface area contributed by atoms with E-state index >= 15 is 0 Å². The molecule has 0 bridgehead atoms. The molecule has 3 aromatic heterocycles. The number of pyridine rings is 1. The Morgan fingerprint density at radius 3 is 2.79 bits per heavy atom. The molecule has 3 heterocycles. The van der Waals surface area contributed by atoms with Crippen molar-refractivity contribution in [3.05, 3.63) is 46.4 Å². The molecule has 0 unspecified atom stereocenters. The van der Waals surface area contributed by atoms with Gasteiger partial charge in [0.15, 0.2) is 5.13 Å². The summed E-state index contributed by atoms with van der Waals surface area (Å²) in [4.78, 5) is 33.4. The molecule has 0 aliphatic carbocycles. The molecule has 0 aliphatic rings. The largest absolute Gasteiger partial charge is 0.462 e. The molecule has 24 heavy (non-hydrogen) atoms. The Bertz CT molecular complexity index is 929. The Kier molecular flexibility index (Phi) is 4.30. The summed E-state index contributed by atoms with van der Waals surface area (Å²) in [5.74, 6) is -0.755. The smallest absolute Gasteiger partial charge is 0.350 e. The maximum atomic E-state index is 12.6. The maximum absolute atomic E-state index is 12.6. The zero-order valence-electron chi connectivity index (χ0n) is 13.5. The number of aryl methyl sites for hydroxylation is 2. The standard InChI is InChI=1S/C16H16N4O3S/c1-4-23-15(22)13-10(3)18-16(24-13)19-14(21)12-9(2)17-11-7-5-6-8-20(11)12/h5-8H,4H2,1-3H3,(H,18,19,21). The summed E-state index contributed by atoms with van der Waals surface area (Å²) in [6, 6.07) is 5.52. The van der Waals surface area contributed by atoms with E-state index in [-0.39, 0.29) is 5.91 Å². The summed E-state index contributed by atoms with van der Waals surface area (Å²) < 4.78 is 6.70. The van der Waals surface area contributed by atoms with Crippen LogP contribution in [-0.2, 0) is 4.74 Å². The molecule has 0 fully saturated rings. The SMILES string of the molecule is CCOC(=O)c1sc(NC(=O)c2c(C)nc3ccccn23)nc1C. The Labute approximate surface area is 142 Å². The fourth-order valence-electron chi connectivity index (χ4n) is 2.38. The molecule has 0 radical (unpaired) electrons. The van der Waals surface area contributed by atoms with Crippen molar-refractivity contribution >= 4 is 34.0 Å². The lowest BCUT2D eigenvalue weighted by atomic mass is 10.3. The molecule has 3 rings (SSSR count). The highest BCUT2D eigenvalue weighted by atomic mass is 32.1.